The Kier molecular flexibility index (Phi) is 7.66. The van der Waals surface area contributed by atoms with Gasteiger partial charge in [-0.3, -0.25) is 9.48 Å². The number of carbonyl (C=O) groups is 1. The van der Waals surface area contributed by atoms with Gasteiger partial charge in [0, 0.05) is 25.0 Å². The molecule has 0 bridgehead atoms. The maximum atomic E-state index is 12.3. The minimum absolute atomic E-state index is 0.158. The third-order valence-corrected chi connectivity index (χ3v) is 4.54. The van der Waals surface area contributed by atoms with Gasteiger partial charge in [0.05, 0.1) is 20.3 Å². The lowest BCUT2D eigenvalue weighted by molar-refractivity contribution is -0.116. The van der Waals surface area contributed by atoms with Crippen LogP contribution >= 0.6 is 0 Å². The van der Waals surface area contributed by atoms with Crippen LogP contribution in [0.3, 0.4) is 0 Å². The number of methoxy groups -OCH3 is 1. The van der Waals surface area contributed by atoms with E-state index in [-0.39, 0.29) is 5.91 Å². The van der Waals surface area contributed by atoms with Crippen molar-refractivity contribution in [1.82, 2.24) is 15.1 Å². The molecule has 6 nitrogen and oxygen atoms in total. The van der Waals surface area contributed by atoms with Crippen LogP contribution in [0.25, 0.3) is 6.08 Å². The summed E-state index contributed by atoms with van der Waals surface area (Å²) in [5, 5.41) is 7.19. The maximum Gasteiger partial charge on any atom is 0.244 e. The first-order valence-corrected chi connectivity index (χ1v) is 10.0. The van der Waals surface area contributed by atoms with E-state index < -0.39 is 0 Å². The highest BCUT2D eigenvalue weighted by Crippen LogP contribution is 2.28. The van der Waals surface area contributed by atoms with Crippen molar-refractivity contribution in [1.29, 1.82) is 0 Å². The number of aromatic nitrogens is 2. The van der Waals surface area contributed by atoms with Gasteiger partial charge in [-0.1, -0.05) is 37.3 Å². The molecule has 2 aromatic carbocycles. The van der Waals surface area contributed by atoms with Crippen molar-refractivity contribution in [2.24, 2.45) is 0 Å². The summed E-state index contributed by atoms with van der Waals surface area (Å²) in [4.78, 5) is 12.3. The normalized spacial score (nSPS) is 10.9. The standard InChI is InChI=1S/C24H27N3O3/c1-3-15-30-22-11-9-19(16-23(22)29-2)10-12-24(28)25-17-20-7-4-5-8-21(20)18-27-14-6-13-26-27/h4-14,16H,3,15,17-18H2,1-2H3,(H,25,28)/b12-10+. The topological polar surface area (TPSA) is 65.4 Å². The number of nitrogens with zero attached hydrogens (tertiary/aromatic N) is 2. The maximum absolute atomic E-state index is 12.3. The molecule has 1 amide bonds. The Morgan fingerprint density at radius 2 is 1.97 bits per heavy atom. The zero-order chi connectivity index (χ0) is 21.2. The van der Waals surface area contributed by atoms with Gasteiger partial charge in [-0.15, -0.1) is 0 Å². The molecule has 156 valence electrons. The van der Waals surface area contributed by atoms with Crippen molar-refractivity contribution < 1.29 is 14.3 Å². The summed E-state index contributed by atoms with van der Waals surface area (Å²) in [6.07, 6.45) is 7.89. The molecule has 0 aliphatic rings. The van der Waals surface area contributed by atoms with Crippen molar-refractivity contribution in [3.63, 3.8) is 0 Å². The van der Waals surface area contributed by atoms with Crippen LogP contribution in [0.2, 0.25) is 0 Å². The molecule has 3 rings (SSSR count). The highest BCUT2D eigenvalue weighted by atomic mass is 16.5. The Bertz CT molecular complexity index is 981. The summed E-state index contributed by atoms with van der Waals surface area (Å²) in [6, 6.07) is 15.5. The van der Waals surface area contributed by atoms with Gasteiger partial charge < -0.3 is 14.8 Å². The van der Waals surface area contributed by atoms with Crippen LogP contribution < -0.4 is 14.8 Å². The Morgan fingerprint density at radius 3 is 2.70 bits per heavy atom. The summed E-state index contributed by atoms with van der Waals surface area (Å²) < 4.78 is 12.9. The zero-order valence-corrected chi connectivity index (χ0v) is 17.4. The molecule has 6 heteroatoms. The van der Waals surface area contributed by atoms with Gasteiger partial charge in [0.15, 0.2) is 11.5 Å². The van der Waals surface area contributed by atoms with E-state index in [0.29, 0.717) is 31.2 Å². The van der Waals surface area contributed by atoms with Crippen molar-refractivity contribution in [2.75, 3.05) is 13.7 Å². The van der Waals surface area contributed by atoms with E-state index in [0.717, 1.165) is 23.1 Å². The van der Waals surface area contributed by atoms with Gasteiger partial charge >= 0.3 is 0 Å². The first-order chi connectivity index (χ1) is 14.7. The van der Waals surface area contributed by atoms with E-state index in [2.05, 4.69) is 17.3 Å². The van der Waals surface area contributed by atoms with E-state index in [9.17, 15) is 4.79 Å². The summed E-state index contributed by atoms with van der Waals surface area (Å²) in [5.74, 6) is 1.20. The van der Waals surface area contributed by atoms with E-state index in [1.165, 1.54) is 6.08 Å². The van der Waals surface area contributed by atoms with Crippen molar-refractivity contribution in [3.8, 4) is 11.5 Å². The van der Waals surface area contributed by atoms with E-state index >= 15 is 0 Å². The molecule has 0 unspecified atom stereocenters. The molecule has 0 saturated heterocycles. The number of benzene rings is 2. The second-order valence-electron chi connectivity index (χ2n) is 6.78. The SMILES string of the molecule is CCCOc1ccc(/C=C/C(=O)NCc2ccccc2Cn2cccn2)cc1OC. The minimum atomic E-state index is -0.158. The molecule has 0 aliphatic carbocycles. The lowest BCUT2D eigenvalue weighted by atomic mass is 10.1. The molecule has 0 spiro atoms. The van der Waals surface area contributed by atoms with Gasteiger partial charge in [-0.2, -0.15) is 5.10 Å². The molecule has 0 radical (unpaired) electrons. The van der Waals surface area contributed by atoms with Crippen LogP contribution in [-0.2, 0) is 17.9 Å². The predicted octanol–water partition coefficient (Wildman–Crippen LogP) is 4.06. The van der Waals surface area contributed by atoms with Gasteiger partial charge in [0.2, 0.25) is 5.91 Å². The highest BCUT2D eigenvalue weighted by molar-refractivity contribution is 5.91. The van der Waals surface area contributed by atoms with Gasteiger partial charge in [-0.05, 0) is 47.4 Å². The number of hydrogen-bond acceptors (Lipinski definition) is 4. The number of carbonyl (C=O) groups excluding carboxylic acids is 1. The molecule has 30 heavy (non-hydrogen) atoms. The highest BCUT2D eigenvalue weighted by Gasteiger charge is 2.06. The summed E-state index contributed by atoms with van der Waals surface area (Å²) in [7, 11) is 1.61. The zero-order valence-electron chi connectivity index (χ0n) is 17.4. The third-order valence-electron chi connectivity index (χ3n) is 4.54. The minimum Gasteiger partial charge on any atom is -0.493 e. The summed E-state index contributed by atoms with van der Waals surface area (Å²) >= 11 is 0. The number of nitrogens with one attached hydrogen (secondary N) is 1. The first kappa shape index (κ1) is 21.2. The third kappa shape index (κ3) is 5.98. The van der Waals surface area contributed by atoms with Crippen LogP contribution in [0.15, 0.2) is 67.0 Å². The van der Waals surface area contributed by atoms with Gasteiger partial charge in [0.25, 0.3) is 0 Å². The van der Waals surface area contributed by atoms with Crippen molar-refractivity contribution in [3.05, 3.63) is 83.7 Å². The summed E-state index contributed by atoms with van der Waals surface area (Å²) in [6.45, 7) is 3.81. The fourth-order valence-electron chi connectivity index (χ4n) is 2.98. The van der Waals surface area contributed by atoms with Gasteiger partial charge in [0.1, 0.15) is 0 Å². The first-order valence-electron chi connectivity index (χ1n) is 10.0. The molecular weight excluding hydrogens is 378 g/mol. The molecule has 0 fully saturated rings. The molecule has 0 atom stereocenters. The van der Waals surface area contributed by atoms with E-state index in [4.69, 9.17) is 9.47 Å². The average Bonchev–Trinajstić information content (AvgIpc) is 3.29. The fraction of sp³-hybridized carbons (Fsp3) is 0.250. The largest absolute Gasteiger partial charge is 0.493 e. The van der Waals surface area contributed by atoms with Crippen molar-refractivity contribution in [2.45, 2.75) is 26.4 Å². The lowest BCUT2D eigenvalue weighted by Crippen LogP contribution is -2.21. The summed E-state index contributed by atoms with van der Waals surface area (Å²) in [5.41, 5.74) is 3.05. The monoisotopic (exact) mass is 405 g/mol. The number of ether oxygens (including phenoxy) is 2. The van der Waals surface area contributed by atoms with Crippen LogP contribution in [0, 0.1) is 0 Å². The van der Waals surface area contributed by atoms with Crippen LogP contribution in [-0.4, -0.2) is 29.4 Å². The molecular formula is C24H27N3O3. The number of amides is 1. The molecule has 3 aromatic rings. The fourth-order valence-corrected chi connectivity index (χ4v) is 2.98. The molecule has 1 N–H and O–H groups in total. The Labute approximate surface area is 177 Å². The second kappa shape index (κ2) is 10.9. The van der Waals surface area contributed by atoms with Crippen molar-refractivity contribution >= 4 is 12.0 Å². The number of rotatable bonds is 10. The van der Waals surface area contributed by atoms with Crippen LogP contribution in [0.4, 0.5) is 0 Å². The second-order valence-corrected chi connectivity index (χ2v) is 6.78. The molecule has 0 aliphatic heterocycles. The molecule has 1 heterocycles. The van der Waals surface area contributed by atoms with Crippen LogP contribution in [0.5, 0.6) is 11.5 Å². The lowest BCUT2D eigenvalue weighted by Gasteiger charge is -2.11. The van der Waals surface area contributed by atoms with Gasteiger partial charge in [-0.25, -0.2) is 0 Å². The smallest absolute Gasteiger partial charge is 0.244 e. The number of hydrogen-bond donors (Lipinski definition) is 1. The van der Waals surface area contributed by atoms with E-state index in [1.54, 1.807) is 19.4 Å². The molecule has 1 aromatic heterocycles. The van der Waals surface area contributed by atoms with E-state index in [1.807, 2.05) is 59.4 Å². The quantitative estimate of drug-likeness (QED) is 0.517. The Morgan fingerprint density at radius 1 is 1.13 bits per heavy atom. The average molecular weight is 405 g/mol. The molecule has 0 saturated carbocycles. The Hall–Kier alpha value is -3.54. The van der Waals surface area contributed by atoms with Crippen LogP contribution in [0.1, 0.15) is 30.0 Å². The predicted molar refractivity (Wildman–Crippen MR) is 117 cm³/mol. The Balaban J connectivity index is 1.59.